The van der Waals surface area contributed by atoms with Gasteiger partial charge in [0.2, 0.25) is 0 Å². The van der Waals surface area contributed by atoms with Gasteiger partial charge in [-0.3, -0.25) is 9.78 Å². The van der Waals surface area contributed by atoms with Gasteiger partial charge in [0.1, 0.15) is 5.00 Å². The zero-order chi connectivity index (χ0) is 24.2. The molecule has 0 unspecified atom stereocenters. The number of pyridine rings is 1. The van der Waals surface area contributed by atoms with E-state index < -0.39 is 23.9 Å². The molecule has 2 aromatic heterocycles. The van der Waals surface area contributed by atoms with Gasteiger partial charge in [-0.05, 0) is 63.6 Å². The number of rotatable bonds is 7. The Morgan fingerprint density at radius 3 is 2.65 bits per heavy atom. The standard InChI is InChI=1S/C26H28N2O5S/c1-4-20(33-25(30)18-14-15(3)27-19-12-8-6-10-16(18)19)23(29)28-24-22(26(31)32-5-2)17-11-7-9-13-21(17)34-24/h6,8,10,12,14,20H,4-5,7,9,11,13H2,1-3H3,(H,28,29)/t20-/m0/s1. The number of para-hydroxylation sites is 1. The molecule has 1 amide bonds. The number of nitrogens with one attached hydrogen (secondary N) is 1. The molecule has 34 heavy (non-hydrogen) atoms. The molecule has 0 spiro atoms. The van der Waals surface area contributed by atoms with E-state index in [2.05, 4.69) is 10.3 Å². The van der Waals surface area contributed by atoms with Crippen LogP contribution in [0, 0.1) is 6.92 Å². The maximum atomic E-state index is 13.1. The number of aryl methyl sites for hydroxylation is 2. The molecule has 1 N–H and O–H groups in total. The SMILES string of the molecule is CCOC(=O)c1c(NC(=O)[C@H](CC)OC(=O)c2cc(C)nc3ccccc23)sc2c1CCCC2. The summed E-state index contributed by atoms with van der Waals surface area (Å²) in [6, 6.07) is 8.99. The van der Waals surface area contributed by atoms with Crippen LogP contribution in [0.4, 0.5) is 5.00 Å². The molecular formula is C26H28N2O5S. The van der Waals surface area contributed by atoms with Gasteiger partial charge in [0.05, 0.1) is 23.3 Å². The molecule has 1 aliphatic rings. The Morgan fingerprint density at radius 1 is 1.12 bits per heavy atom. The number of nitrogens with zero attached hydrogens (tertiary/aromatic N) is 1. The Kier molecular flexibility index (Phi) is 7.26. The van der Waals surface area contributed by atoms with Gasteiger partial charge < -0.3 is 14.8 Å². The van der Waals surface area contributed by atoms with Crippen molar-refractivity contribution in [1.29, 1.82) is 0 Å². The molecule has 0 fully saturated rings. The molecule has 0 bridgehead atoms. The summed E-state index contributed by atoms with van der Waals surface area (Å²) < 4.78 is 10.9. The number of anilines is 1. The molecule has 4 rings (SSSR count). The number of thiophene rings is 1. The van der Waals surface area contributed by atoms with Crippen LogP contribution in [0.25, 0.3) is 10.9 Å². The van der Waals surface area contributed by atoms with Gasteiger partial charge in [-0.2, -0.15) is 0 Å². The van der Waals surface area contributed by atoms with Gasteiger partial charge in [-0.25, -0.2) is 9.59 Å². The van der Waals surface area contributed by atoms with Crippen LogP contribution in [-0.4, -0.2) is 35.5 Å². The predicted molar refractivity (Wildman–Crippen MR) is 132 cm³/mol. The summed E-state index contributed by atoms with van der Waals surface area (Å²) >= 11 is 1.41. The second kappa shape index (κ2) is 10.3. The van der Waals surface area contributed by atoms with E-state index in [9.17, 15) is 14.4 Å². The lowest BCUT2D eigenvalue weighted by Crippen LogP contribution is -2.32. The van der Waals surface area contributed by atoms with Crippen LogP contribution in [-0.2, 0) is 27.1 Å². The van der Waals surface area contributed by atoms with E-state index in [1.165, 1.54) is 11.3 Å². The second-order valence-electron chi connectivity index (χ2n) is 8.26. The van der Waals surface area contributed by atoms with Crippen LogP contribution in [0.2, 0.25) is 0 Å². The number of amides is 1. The van der Waals surface area contributed by atoms with Crippen molar-refractivity contribution in [3.63, 3.8) is 0 Å². The maximum Gasteiger partial charge on any atom is 0.341 e. The largest absolute Gasteiger partial charge is 0.462 e. The van der Waals surface area contributed by atoms with E-state index in [4.69, 9.17) is 9.47 Å². The number of hydrogen-bond donors (Lipinski definition) is 1. The maximum absolute atomic E-state index is 13.1. The molecule has 178 valence electrons. The number of ether oxygens (including phenoxy) is 2. The van der Waals surface area contributed by atoms with Gasteiger partial charge in [-0.1, -0.05) is 25.1 Å². The number of carbonyl (C=O) groups is 3. The summed E-state index contributed by atoms with van der Waals surface area (Å²) in [6.45, 7) is 5.60. The van der Waals surface area contributed by atoms with Crippen molar-refractivity contribution in [3.05, 3.63) is 57.6 Å². The molecule has 7 nitrogen and oxygen atoms in total. The van der Waals surface area contributed by atoms with Crippen LogP contribution < -0.4 is 5.32 Å². The van der Waals surface area contributed by atoms with Crippen LogP contribution in [0.15, 0.2) is 30.3 Å². The minimum absolute atomic E-state index is 0.255. The van der Waals surface area contributed by atoms with Gasteiger partial charge in [0, 0.05) is 16.0 Å². The van der Waals surface area contributed by atoms with E-state index >= 15 is 0 Å². The molecule has 0 radical (unpaired) electrons. The lowest BCUT2D eigenvalue weighted by atomic mass is 9.95. The van der Waals surface area contributed by atoms with E-state index in [-0.39, 0.29) is 6.61 Å². The third-order valence-electron chi connectivity index (χ3n) is 5.86. The van der Waals surface area contributed by atoms with E-state index in [1.807, 2.05) is 25.1 Å². The highest BCUT2D eigenvalue weighted by atomic mass is 32.1. The first-order valence-corrected chi connectivity index (χ1v) is 12.4. The second-order valence-corrected chi connectivity index (χ2v) is 9.36. The Balaban J connectivity index is 1.57. The summed E-state index contributed by atoms with van der Waals surface area (Å²) in [4.78, 5) is 44.4. The topological polar surface area (TPSA) is 94.6 Å². The number of hydrogen-bond acceptors (Lipinski definition) is 7. The third kappa shape index (κ3) is 4.82. The number of fused-ring (bicyclic) bond motifs is 2. The highest BCUT2D eigenvalue weighted by molar-refractivity contribution is 7.17. The summed E-state index contributed by atoms with van der Waals surface area (Å²) in [5.41, 5.74) is 3.15. The first kappa shape index (κ1) is 23.9. The van der Waals surface area contributed by atoms with Crippen molar-refractivity contribution >= 4 is 45.1 Å². The van der Waals surface area contributed by atoms with Crippen LogP contribution in [0.3, 0.4) is 0 Å². The van der Waals surface area contributed by atoms with Crippen molar-refractivity contribution in [2.75, 3.05) is 11.9 Å². The van der Waals surface area contributed by atoms with E-state index in [0.29, 0.717) is 39.1 Å². The molecule has 3 aromatic rings. The molecule has 0 aliphatic heterocycles. The fraction of sp³-hybridized carbons (Fsp3) is 0.385. The Labute approximate surface area is 202 Å². The normalized spacial score (nSPS) is 13.7. The zero-order valence-corrected chi connectivity index (χ0v) is 20.4. The highest BCUT2D eigenvalue weighted by Gasteiger charge is 2.30. The summed E-state index contributed by atoms with van der Waals surface area (Å²) in [5.74, 6) is -1.48. The summed E-state index contributed by atoms with van der Waals surface area (Å²) in [5, 5.41) is 3.99. The quantitative estimate of drug-likeness (QED) is 0.465. The van der Waals surface area contributed by atoms with Crippen LogP contribution >= 0.6 is 11.3 Å². The number of carbonyl (C=O) groups excluding carboxylic acids is 3. The van der Waals surface area contributed by atoms with Gasteiger partial charge in [0.25, 0.3) is 5.91 Å². The molecule has 1 aliphatic carbocycles. The van der Waals surface area contributed by atoms with E-state index in [1.54, 1.807) is 26.0 Å². The zero-order valence-electron chi connectivity index (χ0n) is 19.6. The third-order valence-corrected chi connectivity index (χ3v) is 7.07. The average Bonchev–Trinajstić information content (AvgIpc) is 3.19. The Morgan fingerprint density at radius 2 is 1.88 bits per heavy atom. The fourth-order valence-corrected chi connectivity index (χ4v) is 5.54. The van der Waals surface area contributed by atoms with Crippen molar-refractivity contribution in [3.8, 4) is 0 Å². The summed E-state index contributed by atoms with van der Waals surface area (Å²) in [7, 11) is 0. The predicted octanol–water partition coefficient (Wildman–Crippen LogP) is 5.23. The lowest BCUT2D eigenvalue weighted by molar-refractivity contribution is -0.124. The minimum Gasteiger partial charge on any atom is -0.462 e. The Bertz CT molecular complexity index is 1250. The highest BCUT2D eigenvalue weighted by Crippen LogP contribution is 2.38. The molecular weight excluding hydrogens is 452 g/mol. The van der Waals surface area contributed by atoms with Crippen LogP contribution in [0.1, 0.15) is 70.0 Å². The molecule has 0 saturated carbocycles. The van der Waals surface area contributed by atoms with Gasteiger partial charge >= 0.3 is 11.9 Å². The first-order valence-electron chi connectivity index (χ1n) is 11.6. The minimum atomic E-state index is -1.01. The summed E-state index contributed by atoms with van der Waals surface area (Å²) in [6.07, 6.45) is 3.00. The van der Waals surface area contributed by atoms with Crippen molar-refractivity contribution < 1.29 is 23.9 Å². The smallest absolute Gasteiger partial charge is 0.341 e. The molecule has 1 aromatic carbocycles. The fourth-order valence-electron chi connectivity index (χ4n) is 4.26. The van der Waals surface area contributed by atoms with Crippen molar-refractivity contribution in [2.45, 2.75) is 59.0 Å². The van der Waals surface area contributed by atoms with Gasteiger partial charge in [-0.15, -0.1) is 11.3 Å². The van der Waals surface area contributed by atoms with Gasteiger partial charge in [0.15, 0.2) is 6.10 Å². The molecule has 2 heterocycles. The van der Waals surface area contributed by atoms with Crippen LogP contribution in [0.5, 0.6) is 0 Å². The number of esters is 2. The lowest BCUT2D eigenvalue weighted by Gasteiger charge is -2.17. The molecule has 1 atom stereocenters. The van der Waals surface area contributed by atoms with E-state index in [0.717, 1.165) is 36.1 Å². The first-order chi connectivity index (χ1) is 16.4. The van der Waals surface area contributed by atoms with Crippen molar-refractivity contribution in [1.82, 2.24) is 4.98 Å². The molecule has 0 saturated heterocycles. The Hall–Kier alpha value is -3.26. The number of benzene rings is 1. The monoisotopic (exact) mass is 480 g/mol. The van der Waals surface area contributed by atoms with Crippen molar-refractivity contribution in [2.24, 2.45) is 0 Å². The average molecular weight is 481 g/mol. The number of aromatic nitrogens is 1. The molecule has 8 heteroatoms.